The van der Waals surface area contributed by atoms with Crippen LogP contribution in [0.15, 0.2) is 18.2 Å². The molecule has 0 aliphatic heterocycles. The van der Waals surface area contributed by atoms with Gasteiger partial charge < -0.3 is 0 Å². The van der Waals surface area contributed by atoms with Crippen molar-refractivity contribution in [3.8, 4) is 0 Å². The van der Waals surface area contributed by atoms with E-state index in [1.165, 1.54) is 37.8 Å². The molecule has 0 radical (unpaired) electrons. The van der Waals surface area contributed by atoms with E-state index >= 15 is 0 Å². The zero-order valence-corrected chi connectivity index (χ0v) is 11.0. The normalized spacial score (nSPS) is 17.4. The van der Waals surface area contributed by atoms with Crippen molar-refractivity contribution in [2.24, 2.45) is 5.92 Å². The Balaban J connectivity index is 2.01. The third-order valence-corrected chi connectivity index (χ3v) is 3.81. The fourth-order valence-corrected chi connectivity index (χ4v) is 2.85. The Bertz CT molecular complexity index is 397. The van der Waals surface area contributed by atoms with Crippen LogP contribution in [0, 0.1) is 18.7 Å². The first-order valence-corrected chi connectivity index (χ1v) is 6.95. The van der Waals surface area contributed by atoms with E-state index in [2.05, 4.69) is 0 Å². The van der Waals surface area contributed by atoms with E-state index in [0.29, 0.717) is 17.9 Å². The predicted molar refractivity (Wildman–Crippen MR) is 71.3 cm³/mol. The number of benzene rings is 1. The van der Waals surface area contributed by atoms with Crippen LogP contribution in [0.3, 0.4) is 0 Å². The third-order valence-electron chi connectivity index (χ3n) is 3.81. The topological polar surface area (TPSA) is 17.1 Å². The Kier molecular flexibility index (Phi) is 4.51. The molecule has 0 bridgehead atoms. The molecule has 1 saturated carbocycles. The molecule has 0 atom stereocenters. The zero-order valence-electron chi connectivity index (χ0n) is 11.0. The summed E-state index contributed by atoms with van der Waals surface area (Å²) in [5.41, 5.74) is 1.36. The molecule has 1 aromatic rings. The number of rotatable bonds is 3. The zero-order chi connectivity index (χ0) is 13.0. The monoisotopic (exact) mass is 248 g/mol. The van der Waals surface area contributed by atoms with Gasteiger partial charge in [-0.1, -0.05) is 38.5 Å². The van der Waals surface area contributed by atoms with E-state index in [-0.39, 0.29) is 11.6 Å². The molecule has 1 fully saturated rings. The molecule has 0 spiro atoms. The Labute approximate surface area is 108 Å². The van der Waals surface area contributed by atoms with Crippen molar-refractivity contribution in [3.05, 3.63) is 35.1 Å². The quantitative estimate of drug-likeness (QED) is 0.561. The van der Waals surface area contributed by atoms with E-state index in [1.54, 1.807) is 6.07 Å². The number of Topliss-reactive ketones (excluding diaryl/α,β-unsaturated/α-hetero) is 1. The van der Waals surface area contributed by atoms with Crippen molar-refractivity contribution in [1.82, 2.24) is 0 Å². The highest BCUT2D eigenvalue weighted by atomic mass is 19.1. The molecule has 98 valence electrons. The maximum absolute atomic E-state index is 13.3. The molecule has 0 aromatic heterocycles. The van der Waals surface area contributed by atoms with E-state index in [1.807, 2.05) is 6.92 Å². The molecule has 1 aliphatic rings. The molecule has 0 saturated heterocycles. The van der Waals surface area contributed by atoms with Gasteiger partial charge in [0.15, 0.2) is 5.78 Å². The maximum atomic E-state index is 13.3. The highest BCUT2D eigenvalue weighted by molar-refractivity contribution is 5.96. The summed E-state index contributed by atoms with van der Waals surface area (Å²) < 4.78 is 13.3. The standard InChI is InChI=1S/C16H21FO/c1-12-8-14(11-15(17)9-12)16(18)10-13-6-4-2-3-5-7-13/h8-9,11,13H,2-7,10H2,1H3. The summed E-state index contributed by atoms with van der Waals surface area (Å²) in [6.07, 6.45) is 7.96. The van der Waals surface area contributed by atoms with Crippen molar-refractivity contribution in [1.29, 1.82) is 0 Å². The molecule has 2 heteroatoms. The van der Waals surface area contributed by atoms with Crippen LogP contribution in [0.25, 0.3) is 0 Å². The average molecular weight is 248 g/mol. The molecule has 0 unspecified atom stereocenters. The van der Waals surface area contributed by atoms with E-state index in [4.69, 9.17) is 0 Å². The largest absolute Gasteiger partial charge is 0.294 e. The highest BCUT2D eigenvalue weighted by Crippen LogP contribution is 2.26. The Morgan fingerprint density at radius 1 is 1.17 bits per heavy atom. The van der Waals surface area contributed by atoms with Gasteiger partial charge in [0, 0.05) is 12.0 Å². The number of carbonyl (C=O) groups excluding carboxylic acids is 1. The minimum atomic E-state index is -0.306. The first kappa shape index (κ1) is 13.3. The lowest BCUT2D eigenvalue weighted by molar-refractivity contribution is 0.0956. The lowest BCUT2D eigenvalue weighted by Crippen LogP contribution is -2.09. The van der Waals surface area contributed by atoms with E-state index in [9.17, 15) is 9.18 Å². The van der Waals surface area contributed by atoms with Crippen molar-refractivity contribution in [3.63, 3.8) is 0 Å². The van der Waals surface area contributed by atoms with Gasteiger partial charge in [-0.2, -0.15) is 0 Å². The fourth-order valence-electron chi connectivity index (χ4n) is 2.85. The SMILES string of the molecule is Cc1cc(F)cc(C(=O)CC2CCCCCC2)c1. The Hall–Kier alpha value is -1.18. The van der Waals surface area contributed by atoms with Crippen LogP contribution >= 0.6 is 0 Å². The molecule has 2 rings (SSSR count). The second-order valence-electron chi connectivity index (χ2n) is 5.50. The van der Waals surface area contributed by atoms with Gasteiger partial charge in [-0.3, -0.25) is 4.79 Å². The van der Waals surface area contributed by atoms with Gasteiger partial charge in [0.25, 0.3) is 0 Å². The summed E-state index contributed by atoms with van der Waals surface area (Å²) >= 11 is 0. The van der Waals surface area contributed by atoms with Crippen LogP contribution in [-0.2, 0) is 0 Å². The maximum Gasteiger partial charge on any atom is 0.163 e. The minimum Gasteiger partial charge on any atom is -0.294 e. The van der Waals surface area contributed by atoms with Gasteiger partial charge >= 0.3 is 0 Å². The van der Waals surface area contributed by atoms with Gasteiger partial charge in [-0.25, -0.2) is 4.39 Å². The summed E-state index contributed by atoms with van der Waals surface area (Å²) in [6, 6.07) is 4.62. The summed E-state index contributed by atoms with van der Waals surface area (Å²) in [4.78, 5) is 12.2. The Morgan fingerprint density at radius 2 is 1.83 bits per heavy atom. The Morgan fingerprint density at radius 3 is 2.44 bits per heavy atom. The second kappa shape index (κ2) is 6.12. The highest BCUT2D eigenvalue weighted by Gasteiger charge is 2.17. The molecule has 0 heterocycles. The van der Waals surface area contributed by atoms with Crippen molar-refractivity contribution >= 4 is 5.78 Å². The van der Waals surface area contributed by atoms with E-state index < -0.39 is 0 Å². The number of hydrogen-bond donors (Lipinski definition) is 0. The van der Waals surface area contributed by atoms with Crippen LogP contribution in [0.4, 0.5) is 4.39 Å². The average Bonchev–Trinajstić information content (AvgIpc) is 2.56. The summed E-state index contributed by atoms with van der Waals surface area (Å²) in [7, 11) is 0. The van der Waals surface area contributed by atoms with Gasteiger partial charge in [0.1, 0.15) is 5.82 Å². The van der Waals surface area contributed by atoms with Gasteiger partial charge in [0.2, 0.25) is 0 Å². The van der Waals surface area contributed by atoms with Crippen LogP contribution in [-0.4, -0.2) is 5.78 Å². The first-order valence-electron chi connectivity index (χ1n) is 6.95. The van der Waals surface area contributed by atoms with Gasteiger partial charge in [-0.15, -0.1) is 0 Å². The molecule has 1 nitrogen and oxygen atoms in total. The van der Waals surface area contributed by atoms with Crippen LogP contribution in [0.5, 0.6) is 0 Å². The molecular formula is C16H21FO. The van der Waals surface area contributed by atoms with Gasteiger partial charge in [-0.05, 0) is 36.6 Å². The number of hydrogen-bond acceptors (Lipinski definition) is 1. The summed E-state index contributed by atoms with van der Waals surface area (Å²) in [5, 5.41) is 0. The fraction of sp³-hybridized carbons (Fsp3) is 0.562. The lowest BCUT2D eigenvalue weighted by Gasteiger charge is -2.13. The number of ketones is 1. The van der Waals surface area contributed by atoms with Crippen LogP contribution < -0.4 is 0 Å². The summed E-state index contributed by atoms with van der Waals surface area (Å²) in [5.74, 6) is 0.298. The second-order valence-corrected chi connectivity index (χ2v) is 5.50. The number of halogens is 1. The van der Waals surface area contributed by atoms with Crippen LogP contribution in [0.1, 0.15) is 60.9 Å². The molecule has 0 amide bonds. The molecule has 1 aliphatic carbocycles. The number of aryl methyl sites for hydroxylation is 1. The van der Waals surface area contributed by atoms with Crippen molar-refractivity contribution < 1.29 is 9.18 Å². The first-order chi connectivity index (χ1) is 8.65. The van der Waals surface area contributed by atoms with E-state index in [0.717, 1.165) is 18.4 Å². The molecule has 1 aromatic carbocycles. The van der Waals surface area contributed by atoms with Gasteiger partial charge in [0.05, 0.1) is 0 Å². The molecular weight excluding hydrogens is 227 g/mol. The van der Waals surface area contributed by atoms with Crippen molar-refractivity contribution in [2.75, 3.05) is 0 Å². The third kappa shape index (κ3) is 3.66. The van der Waals surface area contributed by atoms with Crippen molar-refractivity contribution in [2.45, 2.75) is 51.9 Å². The number of carbonyl (C=O) groups is 1. The smallest absolute Gasteiger partial charge is 0.163 e. The molecule has 0 N–H and O–H groups in total. The minimum absolute atomic E-state index is 0.101. The van der Waals surface area contributed by atoms with Crippen LogP contribution in [0.2, 0.25) is 0 Å². The molecule has 18 heavy (non-hydrogen) atoms. The lowest BCUT2D eigenvalue weighted by atomic mass is 9.91. The predicted octanol–water partition coefficient (Wildman–Crippen LogP) is 4.68. The summed E-state index contributed by atoms with van der Waals surface area (Å²) in [6.45, 7) is 1.82.